The van der Waals surface area contributed by atoms with E-state index >= 15 is 0 Å². The molecule has 4 aromatic rings. The van der Waals surface area contributed by atoms with Crippen LogP contribution < -0.4 is 10.1 Å². The first-order valence-corrected chi connectivity index (χ1v) is 9.89. The Balaban J connectivity index is 1.57. The van der Waals surface area contributed by atoms with E-state index in [9.17, 15) is 9.18 Å². The molecule has 1 amide bonds. The van der Waals surface area contributed by atoms with Gasteiger partial charge in [-0.25, -0.2) is 9.37 Å². The van der Waals surface area contributed by atoms with E-state index in [1.54, 1.807) is 24.6 Å². The van der Waals surface area contributed by atoms with Crippen molar-refractivity contribution in [2.24, 2.45) is 13.0 Å². The van der Waals surface area contributed by atoms with Gasteiger partial charge in [0.2, 0.25) is 5.91 Å². The summed E-state index contributed by atoms with van der Waals surface area (Å²) in [5, 5.41) is 6.88. The van der Waals surface area contributed by atoms with Crippen LogP contribution in [0.3, 0.4) is 0 Å². The van der Waals surface area contributed by atoms with E-state index in [2.05, 4.69) is 38.4 Å². The first-order valence-electron chi connectivity index (χ1n) is 9.01. The van der Waals surface area contributed by atoms with Crippen molar-refractivity contribution in [2.75, 3.05) is 12.4 Å². The number of nitrogens with zero attached hydrogens (tertiary/aromatic N) is 2. The Morgan fingerprint density at radius 2 is 2.14 bits per heavy atom. The summed E-state index contributed by atoms with van der Waals surface area (Å²) in [6.07, 6.45) is 1.01. The van der Waals surface area contributed by atoms with Gasteiger partial charge >= 0.3 is 0 Å². The standard InChI is InChI=1S/C21H18FN3O2S/c1-25-16(14-9-19-11(3-4-28-19)6-18(14)27-2)5-12-7-20(23-10-17(12)25)24-21(26)13-8-15(13)22/h3-7,9-10,13,15H,8H2,1-2H3,(H,23,24,26)/t13-,15+/m1/s1. The summed E-state index contributed by atoms with van der Waals surface area (Å²) < 4.78 is 22.0. The summed E-state index contributed by atoms with van der Waals surface area (Å²) in [7, 11) is 3.65. The lowest BCUT2D eigenvalue weighted by atomic mass is 10.1. The van der Waals surface area contributed by atoms with Gasteiger partial charge in [-0.05, 0) is 47.5 Å². The maximum absolute atomic E-state index is 13.1. The number of halogens is 1. The highest BCUT2D eigenvalue weighted by Crippen LogP contribution is 2.39. The van der Waals surface area contributed by atoms with Gasteiger partial charge in [-0.1, -0.05) is 0 Å². The van der Waals surface area contributed by atoms with E-state index in [0.29, 0.717) is 12.2 Å². The zero-order chi connectivity index (χ0) is 19.4. The smallest absolute Gasteiger partial charge is 0.231 e. The third-order valence-electron chi connectivity index (χ3n) is 5.28. The predicted octanol–water partition coefficient (Wildman–Crippen LogP) is 4.76. The number of alkyl halides is 1. The second-order valence-corrected chi connectivity index (χ2v) is 8.02. The van der Waals surface area contributed by atoms with Gasteiger partial charge in [0, 0.05) is 22.7 Å². The Labute approximate surface area is 164 Å². The summed E-state index contributed by atoms with van der Waals surface area (Å²) in [6, 6.07) is 10.1. The highest BCUT2D eigenvalue weighted by atomic mass is 32.1. The zero-order valence-corrected chi connectivity index (χ0v) is 16.2. The number of amides is 1. The molecule has 142 valence electrons. The molecular formula is C21H18FN3O2S. The number of anilines is 1. The van der Waals surface area contributed by atoms with E-state index in [1.165, 1.54) is 4.70 Å². The summed E-state index contributed by atoms with van der Waals surface area (Å²) in [6.45, 7) is 0. The third kappa shape index (κ3) is 2.74. The van der Waals surface area contributed by atoms with Gasteiger partial charge in [0.1, 0.15) is 17.7 Å². The van der Waals surface area contributed by atoms with Crippen LogP contribution >= 0.6 is 11.3 Å². The second kappa shape index (κ2) is 6.31. The van der Waals surface area contributed by atoms with Crippen LogP contribution in [-0.4, -0.2) is 28.7 Å². The van der Waals surface area contributed by atoms with Crippen LogP contribution in [0.1, 0.15) is 6.42 Å². The first kappa shape index (κ1) is 17.2. The fourth-order valence-electron chi connectivity index (χ4n) is 3.57. The Morgan fingerprint density at radius 3 is 2.89 bits per heavy atom. The van der Waals surface area contributed by atoms with Crippen LogP contribution in [0, 0.1) is 5.92 Å². The minimum absolute atomic E-state index is 0.300. The topological polar surface area (TPSA) is 56.1 Å². The van der Waals surface area contributed by atoms with E-state index < -0.39 is 12.1 Å². The van der Waals surface area contributed by atoms with Crippen LogP contribution in [0.15, 0.2) is 41.9 Å². The lowest BCUT2D eigenvalue weighted by Crippen LogP contribution is -2.15. The Morgan fingerprint density at radius 1 is 1.32 bits per heavy atom. The number of aryl methyl sites for hydroxylation is 1. The van der Waals surface area contributed by atoms with Crippen molar-refractivity contribution in [3.63, 3.8) is 0 Å². The molecular weight excluding hydrogens is 377 g/mol. The van der Waals surface area contributed by atoms with Gasteiger partial charge in [0.15, 0.2) is 0 Å². The second-order valence-electron chi connectivity index (χ2n) is 7.08. The number of hydrogen-bond acceptors (Lipinski definition) is 4. The molecule has 0 saturated heterocycles. The van der Waals surface area contributed by atoms with E-state index in [0.717, 1.165) is 33.3 Å². The molecule has 3 aromatic heterocycles. The van der Waals surface area contributed by atoms with Gasteiger partial charge in [-0.2, -0.15) is 0 Å². The number of pyridine rings is 1. The monoisotopic (exact) mass is 395 g/mol. The number of methoxy groups -OCH3 is 1. The molecule has 0 spiro atoms. The molecule has 7 heteroatoms. The van der Waals surface area contributed by atoms with Gasteiger partial charge in [0.05, 0.1) is 30.4 Å². The Hall–Kier alpha value is -2.93. The average molecular weight is 395 g/mol. The van der Waals surface area contributed by atoms with Crippen molar-refractivity contribution in [1.82, 2.24) is 9.55 Å². The number of fused-ring (bicyclic) bond motifs is 2. The molecule has 5 rings (SSSR count). The van der Waals surface area contributed by atoms with Crippen LogP contribution in [0.5, 0.6) is 5.75 Å². The number of rotatable bonds is 4. The summed E-state index contributed by atoms with van der Waals surface area (Å²) in [5.74, 6) is 0.404. The lowest BCUT2D eigenvalue weighted by Gasteiger charge is -2.10. The maximum atomic E-state index is 13.1. The molecule has 5 nitrogen and oxygen atoms in total. The molecule has 1 fully saturated rings. The molecule has 3 heterocycles. The maximum Gasteiger partial charge on any atom is 0.231 e. The lowest BCUT2D eigenvalue weighted by molar-refractivity contribution is -0.117. The van der Waals surface area contributed by atoms with E-state index in [1.807, 2.05) is 19.2 Å². The number of hydrogen-bond donors (Lipinski definition) is 1. The highest BCUT2D eigenvalue weighted by molar-refractivity contribution is 7.17. The third-order valence-corrected chi connectivity index (χ3v) is 6.16. The number of aromatic nitrogens is 2. The van der Waals surface area contributed by atoms with Crippen LogP contribution in [0.4, 0.5) is 10.2 Å². The fourth-order valence-corrected chi connectivity index (χ4v) is 4.38. The molecule has 1 saturated carbocycles. The zero-order valence-electron chi connectivity index (χ0n) is 15.4. The van der Waals surface area contributed by atoms with E-state index in [4.69, 9.17) is 4.74 Å². The summed E-state index contributed by atoms with van der Waals surface area (Å²) in [5.41, 5.74) is 2.94. The molecule has 0 unspecified atom stereocenters. The number of thiophene rings is 1. The van der Waals surface area contributed by atoms with Gasteiger partial charge in [-0.3, -0.25) is 4.79 Å². The molecule has 28 heavy (non-hydrogen) atoms. The molecule has 2 atom stereocenters. The molecule has 0 bridgehead atoms. The van der Waals surface area contributed by atoms with Gasteiger partial charge < -0.3 is 14.6 Å². The quantitative estimate of drug-likeness (QED) is 0.542. The van der Waals surface area contributed by atoms with Gasteiger partial charge in [0.25, 0.3) is 0 Å². The average Bonchev–Trinajstić information content (AvgIpc) is 3.11. The van der Waals surface area contributed by atoms with Crippen LogP contribution in [0.25, 0.3) is 32.2 Å². The molecule has 1 aliphatic carbocycles. The number of benzene rings is 1. The van der Waals surface area contributed by atoms with Crippen LogP contribution in [0.2, 0.25) is 0 Å². The normalized spacial score (nSPS) is 18.5. The Kier molecular flexibility index (Phi) is 3.87. The highest BCUT2D eigenvalue weighted by Gasteiger charge is 2.43. The summed E-state index contributed by atoms with van der Waals surface area (Å²) in [4.78, 5) is 16.3. The summed E-state index contributed by atoms with van der Waals surface area (Å²) >= 11 is 1.69. The predicted molar refractivity (Wildman–Crippen MR) is 110 cm³/mol. The van der Waals surface area contributed by atoms with Crippen LogP contribution in [-0.2, 0) is 11.8 Å². The molecule has 0 radical (unpaired) electrons. The number of nitrogens with one attached hydrogen (secondary N) is 1. The van der Waals surface area contributed by atoms with Crippen molar-refractivity contribution in [2.45, 2.75) is 12.6 Å². The largest absolute Gasteiger partial charge is 0.496 e. The molecule has 1 N–H and O–H groups in total. The minimum atomic E-state index is -1.02. The number of carbonyl (C=O) groups excluding carboxylic acids is 1. The fraction of sp³-hybridized carbons (Fsp3) is 0.238. The number of ether oxygens (including phenoxy) is 1. The Bertz CT molecular complexity index is 1230. The van der Waals surface area contributed by atoms with Crippen molar-refractivity contribution in [3.05, 3.63) is 41.9 Å². The van der Waals surface area contributed by atoms with Gasteiger partial charge in [-0.15, -0.1) is 11.3 Å². The minimum Gasteiger partial charge on any atom is -0.496 e. The molecule has 1 aromatic carbocycles. The van der Waals surface area contributed by atoms with E-state index in [-0.39, 0.29) is 5.91 Å². The SMILES string of the molecule is COc1cc2ccsc2cc1-c1cc2cc(NC(=O)[C@@H]3C[C@@H]3F)ncc2n1C. The van der Waals surface area contributed by atoms with Crippen molar-refractivity contribution >= 4 is 44.1 Å². The number of carbonyl (C=O) groups is 1. The van der Waals surface area contributed by atoms with Crippen molar-refractivity contribution < 1.29 is 13.9 Å². The molecule has 0 aliphatic heterocycles. The molecule has 1 aliphatic rings. The first-order chi connectivity index (χ1) is 13.5. The van der Waals surface area contributed by atoms with Crippen molar-refractivity contribution in [1.29, 1.82) is 0 Å². The van der Waals surface area contributed by atoms with Crippen molar-refractivity contribution in [3.8, 4) is 17.0 Å².